The lowest BCUT2D eigenvalue weighted by Gasteiger charge is -2.23. The summed E-state index contributed by atoms with van der Waals surface area (Å²) in [6.45, 7) is 2.44. The van der Waals surface area contributed by atoms with Crippen molar-refractivity contribution in [3.05, 3.63) is 33.9 Å². The Bertz CT molecular complexity index is 624. The zero-order valence-electron chi connectivity index (χ0n) is 11.8. The third-order valence-corrected chi connectivity index (χ3v) is 4.90. The molecular formula is C13H19N3O4S. The fourth-order valence-corrected chi connectivity index (χ4v) is 3.81. The molecule has 0 bridgehead atoms. The molecule has 1 unspecified atom stereocenters. The molecule has 1 heterocycles. The molecule has 7 nitrogen and oxygen atoms in total. The van der Waals surface area contributed by atoms with E-state index in [1.54, 1.807) is 6.92 Å². The summed E-state index contributed by atoms with van der Waals surface area (Å²) in [6, 6.07) is 4.26. The van der Waals surface area contributed by atoms with Crippen molar-refractivity contribution in [3.8, 4) is 0 Å². The molecule has 2 N–H and O–H groups in total. The van der Waals surface area contributed by atoms with Crippen molar-refractivity contribution in [3.63, 3.8) is 0 Å². The minimum Gasteiger partial charge on any atom is -0.313 e. The van der Waals surface area contributed by atoms with Crippen molar-refractivity contribution in [2.75, 3.05) is 17.0 Å². The standard InChI is InChI=1S/C13H19N3O4S/c1-10-5-6-11(8-13(10)16(17)18)15-21(19,20)9-12-4-2-3-7-14-12/h5-6,8,12,14-15H,2-4,7,9H2,1H3. The van der Waals surface area contributed by atoms with Crippen LogP contribution in [0.15, 0.2) is 18.2 Å². The van der Waals surface area contributed by atoms with Gasteiger partial charge in [-0.3, -0.25) is 14.8 Å². The highest BCUT2D eigenvalue weighted by molar-refractivity contribution is 7.92. The smallest absolute Gasteiger partial charge is 0.274 e. The SMILES string of the molecule is Cc1ccc(NS(=O)(=O)CC2CCCCN2)cc1[N+](=O)[O-]. The van der Waals surface area contributed by atoms with Crippen LogP contribution in [-0.2, 0) is 10.0 Å². The van der Waals surface area contributed by atoms with Crippen LogP contribution in [0, 0.1) is 17.0 Å². The first-order chi connectivity index (χ1) is 9.87. The molecule has 0 aliphatic carbocycles. The first kappa shape index (κ1) is 15.7. The summed E-state index contributed by atoms with van der Waals surface area (Å²) in [5.74, 6) is -0.0192. The third-order valence-electron chi connectivity index (χ3n) is 3.51. The maximum absolute atomic E-state index is 12.1. The minimum absolute atomic E-state index is 0.0192. The van der Waals surface area contributed by atoms with E-state index in [1.165, 1.54) is 18.2 Å². The van der Waals surface area contributed by atoms with E-state index in [1.807, 2.05) is 0 Å². The summed E-state index contributed by atoms with van der Waals surface area (Å²) >= 11 is 0. The molecule has 0 radical (unpaired) electrons. The highest BCUT2D eigenvalue weighted by Crippen LogP contribution is 2.23. The van der Waals surface area contributed by atoms with E-state index in [0.29, 0.717) is 5.56 Å². The normalized spacial score (nSPS) is 19.2. The van der Waals surface area contributed by atoms with Crippen molar-refractivity contribution in [1.29, 1.82) is 0 Å². The summed E-state index contributed by atoms with van der Waals surface area (Å²) < 4.78 is 26.6. The molecule has 116 valence electrons. The van der Waals surface area contributed by atoms with Crippen LogP contribution in [0.25, 0.3) is 0 Å². The predicted octanol–water partition coefficient (Wildman–Crippen LogP) is 1.79. The van der Waals surface area contributed by atoms with Gasteiger partial charge in [0.1, 0.15) is 0 Å². The maximum Gasteiger partial charge on any atom is 0.274 e. The number of sulfonamides is 1. The quantitative estimate of drug-likeness (QED) is 0.637. The number of aryl methyl sites for hydroxylation is 1. The Morgan fingerprint density at radius 2 is 2.19 bits per heavy atom. The second-order valence-corrected chi connectivity index (χ2v) is 7.06. The zero-order chi connectivity index (χ0) is 15.5. The topological polar surface area (TPSA) is 101 Å². The molecule has 1 saturated heterocycles. The van der Waals surface area contributed by atoms with E-state index in [4.69, 9.17) is 0 Å². The molecule has 1 atom stereocenters. The molecule has 1 aromatic carbocycles. The minimum atomic E-state index is -3.52. The molecule has 0 aromatic heterocycles. The number of hydrogen-bond donors (Lipinski definition) is 2. The molecule has 0 amide bonds. The third kappa shape index (κ3) is 4.40. The van der Waals surface area contributed by atoms with Gasteiger partial charge in [-0.1, -0.05) is 12.5 Å². The van der Waals surface area contributed by atoms with Crippen molar-refractivity contribution < 1.29 is 13.3 Å². The highest BCUT2D eigenvalue weighted by Gasteiger charge is 2.21. The van der Waals surface area contributed by atoms with Gasteiger partial charge in [-0.25, -0.2) is 8.42 Å². The average Bonchev–Trinajstić information content (AvgIpc) is 2.41. The number of benzene rings is 1. The Kier molecular flexibility index (Phi) is 4.79. The number of piperidine rings is 1. The van der Waals surface area contributed by atoms with Gasteiger partial charge in [0.15, 0.2) is 0 Å². The van der Waals surface area contributed by atoms with Gasteiger partial charge in [0.05, 0.1) is 16.4 Å². The Morgan fingerprint density at radius 1 is 1.43 bits per heavy atom. The van der Waals surface area contributed by atoms with Crippen LogP contribution < -0.4 is 10.0 Å². The summed E-state index contributed by atoms with van der Waals surface area (Å²) in [4.78, 5) is 10.4. The molecule has 1 aromatic rings. The summed E-state index contributed by atoms with van der Waals surface area (Å²) in [5, 5.41) is 14.0. The van der Waals surface area contributed by atoms with E-state index in [-0.39, 0.29) is 23.2 Å². The molecule has 0 saturated carbocycles. The van der Waals surface area contributed by atoms with E-state index >= 15 is 0 Å². The van der Waals surface area contributed by atoms with Gasteiger partial charge in [0.25, 0.3) is 5.69 Å². The van der Waals surface area contributed by atoms with Crippen LogP contribution in [0.5, 0.6) is 0 Å². The van der Waals surface area contributed by atoms with Crippen molar-refractivity contribution >= 4 is 21.4 Å². The molecule has 0 spiro atoms. The molecule has 21 heavy (non-hydrogen) atoms. The van der Waals surface area contributed by atoms with E-state index < -0.39 is 14.9 Å². The van der Waals surface area contributed by atoms with E-state index in [2.05, 4.69) is 10.0 Å². The number of nitrogens with one attached hydrogen (secondary N) is 2. The molecule has 1 fully saturated rings. The fraction of sp³-hybridized carbons (Fsp3) is 0.538. The van der Waals surface area contributed by atoms with Gasteiger partial charge in [-0.2, -0.15) is 0 Å². The van der Waals surface area contributed by atoms with Crippen molar-refractivity contribution in [2.24, 2.45) is 0 Å². The number of nitro groups is 1. The Balaban J connectivity index is 2.09. The Morgan fingerprint density at radius 3 is 2.81 bits per heavy atom. The number of rotatable bonds is 5. The van der Waals surface area contributed by atoms with Gasteiger partial charge < -0.3 is 5.32 Å². The van der Waals surface area contributed by atoms with Crippen LogP contribution in [0.3, 0.4) is 0 Å². The monoisotopic (exact) mass is 313 g/mol. The summed E-state index contributed by atoms with van der Waals surface area (Å²) in [7, 11) is -3.52. The number of nitro benzene ring substituents is 1. The first-order valence-electron chi connectivity index (χ1n) is 6.86. The van der Waals surface area contributed by atoms with Crippen LogP contribution in [0.1, 0.15) is 24.8 Å². The Hall–Kier alpha value is -1.67. The van der Waals surface area contributed by atoms with E-state index in [9.17, 15) is 18.5 Å². The first-order valence-corrected chi connectivity index (χ1v) is 8.51. The zero-order valence-corrected chi connectivity index (χ0v) is 12.6. The number of hydrogen-bond acceptors (Lipinski definition) is 5. The van der Waals surface area contributed by atoms with Crippen LogP contribution in [0.4, 0.5) is 11.4 Å². The molecule has 2 rings (SSSR count). The van der Waals surface area contributed by atoms with Crippen LogP contribution >= 0.6 is 0 Å². The van der Waals surface area contributed by atoms with Gasteiger partial charge in [-0.15, -0.1) is 0 Å². The predicted molar refractivity (Wildman–Crippen MR) is 80.9 cm³/mol. The molecule has 1 aliphatic rings. The van der Waals surface area contributed by atoms with Crippen molar-refractivity contribution in [1.82, 2.24) is 5.32 Å². The molecule has 8 heteroatoms. The number of nitrogens with zero attached hydrogens (tertiary/aromatic N) is 1. The van der Waals surface area contributed by atoms with Crippen LogP contribution in [-0.4, -0.2) is 31.7 Å². The molecular weight excluding hydrogens is 294 g/mol. The van der Waals surface area contributed by atoms with Crippen molar-refractivity contribution in [2.45, 2.75) is 32.2 Å². The average molecular weight is 313 g/mol. The Labute approximate surface area is 123 Å². The lowest BCUT2D eigenvalue weighted by molar-refractivity contribution is -0.385. The van der Waals surface area contributed by atoms with E-state index in [0.717, 1.165) is 25.8 Å². The van der Waals surface area contributed by atoms with Gasteiger partial charge in [0.2, 0.25) is 10.0 Å². The van der Waals surface area contributed by atoms with Gasteiger partial charge in [0, 0.05) is 17.7 Å². The molecule has 1 aliphatic heterocycles. The maximum atomic E-state index is 12.1. The number of anilines is 1. The highest BCUT2D eigenvalue weighted by atomic mass is 32.2. The van der Waals surface area contributed by atoms with Crippen LogP contribution in [0.2, 0.25) is 0 Å². The second-order valence-electron chi connectivity index (χ2n) is 5.29. The summed E-state index contributed by atoms with van der Waals surface area (Å²) in [6.07, 6.45) is 2.91. The van der Waals surface area contributed by atoms with Gasteiger partial charge in [-0.05, 0) is 32.4 Å². The fourth-order valence-electron chi connectivity index (χ4n) is 2.42. The second kappa shape index (κ2) is 6.40. The lowest BCUT2D eigenvalue weighted by Crippen LogP contribution is -2.40. The van der Waals surface area contributed by atoms with Gasteiger partial charge >= 0.3 is 0 Å². The lowest BCUT2D eigenvalue weighted by atomic mass is 10.1. The largest absolute Gasteiger partial charge is 0.313 e. The summed E-state index contributed by atoms with van der Waals surface area (Å²) in [5.41, 5.74) is 0.631.